The summed E-state index contributed by atoms with van der Waals surface area (Å²) in [6, 6.07) is 0. The van der Waals surface area contributed by atoms with Gasteiger partial charge in [-0.05, 0) is 27.7 Å². The number of ketones is 1. The van der Waals surface area contributed by atoms with Crippen molar-refractivity contribution in [3.63, 3.8) is 0 Å². The van der Waals surface area contributed by atoms with E-state index < -0.39 is 0 Å². The zero-order valence-electron chi connectivity index (χ0n) is 9.68. The zero-order valence-corrected chi connectivity index (χ0v) is 9.68. The SMILES string of the molecule is CC(C)OC(C)(C)CC(=O)C(C)C. The summed E-state index contributed by atoms with van der Waals surface area (Å²) in [5.74, 6) is 0.376. The highest BCUT2D eigenvalue weighted by Crippen LogP contribution is 2.19. The van der Waals surface area contributed by atoms with Crippen LogP contribution in [-0.4, -0.2) is 17.5 Å². The third-order valence-corrected chi connectivity index (χ3v) is 1.80. The minimum absolute atomic E-state index is 0.107. The van der Waals surface area contributed by atoms with E-state index in [9.17, 15) is 4.79 Å². The molecule has 0 atom stereocenters. The van der Waals surface area contributed by atoms with Crippen LogP contribution < -0.4 is 0 Å². The van der Waals surface area contributed by atoms with Crippen molar-refractivity contribution in [2.24, 2.45) is 5.92 Å². The molecule has 0 aromatic rings. The van der Waals surface area contributed by atoms with E-state index in [0.717, 1.165) is 0 Å². The molecule has 0 N–H and O–H groups in total. The topological polar surface area (TPSA) is 26.3 Å². The molecule has 0 aliphatic carbocycles. The number of hydrogen-bond donors (Lipinski definition) is 0. The molecular formula is C11H22O2. The fourth-order valence-electron chi connectivity index (χ4n) is 1.30. The molecule has 13 heavy (non-hydrogen) atoms. The number of Topliss-reactive ketones (excluding diaryl/α,β-unsaturated/α-hetero) is 1. The van der Waals surface area contributed by atoms with Crippen LogP contribution in [0.4, 0.5) is 0 Å². The van der Waals surface area contributed by atoms with Crippen LogP contribution in [0, 0.1) is 5.92 Å². The molecule has 0 heterocycles. The van der Waals surface area contributed by atoms with Gasteiger partial charge in [0, 0.05) is 12.3 Å². The highest BCUT2D eigenvalue weighted by molar-refractivity contribution is 5.81. The van der Waals surface area contributed by atoms with E-state index in [1.165, 1.54) is 0 Å². The minimum Gasteiger partial charge on any atom is -0.372 e. The second kappa shape index (κ2) is 4.75. The first-order valence-electron chi connectivity index (χ1n) is 4.95. The Kier molecular flexibility index (Phi) is 4.62. The van der Waals surface area contributed by atoms with E-state index >= 15 is 0 Å². The molecule has 0 unspecified atom stereocenters. The van der Waals surface area contributed by atoms with Gasteiger partial charge in [-0.2, -0.15) is 0 Å². The normalized spacial score (nSPS) is 12.6. The van der Waals surface area contributed by atoms with Crippen LogP contribution in [0.2, 0.25) is 0 Å². The van der Waals surface area contributed by atoms with E-state index in [4.69, 9.17) is 4.74 Å². The first kappa shape index (κ1) is 12.6. The molecule has 0 aromatic heterocycles. The molecule has 0 saturated heterocycles. The summed E-state index contributed by atoms with van der Waals surface area (Å²) in [5, 5.41) is 0. The Hall–Kier alpha value is -0.370. The lowest BCUT2D eigenvalue weighted by atomic mass is 9.95. The summed E-state index contributed by atoms with van der Waals surface area (Å²) < 4.78 is 5.64. The van der Waals surface area contributed by atoms with E-state index in [0.29, 0.717) is 6.42 Å². The van der Waals surface area contributed by atoms with Crippen LogP contribution in [-0.2, 0) is 9.53 Å². The summed E-state index contributed by atoms with van der Waals surface area (Å²) >= 11 is 0. The van der Waals surface area contributed by atoms with Gasteiger partial charge in [-0.1, -0.05) is 13.8 Å². The average molecular weight is 186 g/mol. The zero-order chi connectivity index (χ0) is 10.6. The van der Waals surface area contributed by atoms with Gasteiger partial charge in [-0.25, -0.2) is 0 Å². The first-order valence-corrected chi connectivity index (χ1v) is 4.95. The van der Waals surface area contributed by atoms with E-state index in [1.54, 1.807) is 0 Å². The van der Waals surface area contributed by atoms with Crippen LogP contribution in [0.5, 0.6) is 0 Å². The van der Waals surface area contributed by atoms with E-state index in [1.807, 2.05) is 41.5 Å². The predicted octanol–water partition coefficient (Wildman–Crippen LogP) is 2.81. The van der Waals surface area contributed by atoms with Gasteiger partial charge in [0.1, 0.15) is 5.78 Å². The van der Waals surface area contributed by atoms with Crippen LogP contribution >= 0.6 is 0 Å². The molecule has 0 radical (unpaired) electrons. The van der Waals surface area contributed by atoms with Crippen LogP contribution in [0.1, 0.15) is 48.0 Å². The maximum Gasteiger partial charge on any atom is 0.138 e. The highest BCUT2D eigenvalue weighted by Gasteiger charge is 2.24. The molecule has 0 saturated carbocycles. The Morgan fingerprint density at radius 3 is 2.00 bits per heavy atom. The summed E-state index contributed by atoms with van der Waals surface area (Å²) in [7, 11) is 0. The average Bonchev–Trinajstić information content (AvgIpc) is 1.81. The molecular weight excluding hydrogens is 164 g/mol. The Morgan fingerprint density at radius 2 is 1.69 bits per heavy atom. The quantitative estimate of drug-likeness (QED) is 0.660. The number of ether oxygens (including phenoxy) is 1. The smallest absolute Gasteiger partial charge is 0.138 e. The largest absolute Gasteiger partial charge is 0.372 e. The second-order valence-electron chi connectivity index (χ2n) is 4.72. The third-order valence-electron chi connectivity index (χ3n) is 1.80. The van der Waals surface area contributed by atoms with Gasteiger partial charge >= 0.3 is 0 Å². The van der Waals surface area contributed by atoms with Crippen molar-refractivity contribution in [1.29, 1.82) is 0 Å². The van der Waals surface area contributed by atoms with Crippen molar-refractivity contribution < 1.29 is 9.53 Å². The standard InChI is InChI=1S/C11H22O2/c1-8(2)10(12)7-11(5,6)13-9(3)4/h8-9H,7H2,1-6H3. The lowest BCUT2D eigenvalue weighted by Crippen LogP contribution is -2.32. The number of carbonyl (C=O) groups excluding carboxylic acids is 1. The van der Waals surface area contributed by atoms with Crippen molar-refractivity contribution in [3.05, 3.63) is 0 Å². The Morgan fingerprint density at radius 1 is 1.23 bits per heavy atom. The van der Waals surface area contributed by atoms with Gasteiger partial charge < -0.3 is 4.74 Å². The van der Waals surface area contributed by atoms with Gasteiger partial charge in [-0.3, -0.25) is 4.79 Å². The lowest BCUT2D eigenvalue weighted by molar-refractivity contribution is -0.130. The van der Waals surface area contributed by atoms with Crippen LogP contribution in [0.25, 0.3) is 0 Å². The summed E-state index contributed by atoms with van der Waals surface area (Å²) in [6.07, 6.45) is 0.679. The van der Waals surface area contributed by atoms with Gasteiger partial charge in [0.2, 0.25) is 0 Å². The minimum atomic E-state index is -0.324. The van der Waals surface area contributed by atoms with Gasteiger partial charge in [0.15, 0.2) is 0 Å². The molecule has 2 heteroatoms. The second-order valence-corrected chi connectivity index (χ2v) is 4.72. The van der Waals surface area contributed by atoms with Crippen molar-refractivity contribution >= 4 is 5.78 Å². The molecule has 0 rings (SSSR count). The van der Waals surface area contributed by atoms with Crippen molar-refractivity contribution in [1.82, 2.24) is 0 Å². The van der Waals surface area contributed by atoms with Crippen molar-refractivity contribution in [2.45, 2.75) is 59.7 Å². The van der Waals surface area contributed by atoms with Crippen molar-refractivity contribution in [2.75, 3.05) is 0 Å². The fraction of sp³-hybridized carbons (Fsp3) is 0.909. The lowest BCUT2D eigenvalue weighted by Gasteiger charge is -2.27. The Balaban J connectivity index is 4.09. The third kappa shape index (κ3) is 5.81. The molecule has 2 nitrogen and oxygen atoms in total. The molecule has 0 spiro atoms. The molecule has 78 valence electrons. The molecule has 0 aliphatic rings. The van der Waals surface area contributed by atoms with Crippen molar-refractivity contribution in [3.8, 4) is 0 Å². The van der Waals surface area contributed by atoms with Gasteiger partial charge in [-0.15, -0.1) is 0 Å². The summed E-state index contributed by atoms with van der Waals surface area (Å²) in [6.45, 7) is 11.8. The van der Waals surface area contributed by atoms with E-state index in [2.05, 4.69) is 0 Å². The molecule has 0 aliphatic heterocycles. The maximum absolute atomic E-state index is 11.5. The van der Waals surface area contributed by atoms with E-state index in [-0.39, 0.29) is 23.4 Å². The molecule has 0 aromatic carbocycles. The van der Waals surface area contributed by atoms with Crippen LogP contribution in [0.15, 0.2) is 0 Å². The Labute approximate surface area is 81.7 Å². The Bertz CT molecular complexity index is 169. The number of carbonyl (C=O) groups is 1. The van der Waals surface area contributed by atoms with Crippen LogP contribution in [0.3, 0.4) is 0 Å². The monoisotopic (exact) mass is 186 g/mol. The number of hydrogen-bond acceptors (Lipinski definition) is 2. The molecule has 0 amide bonds. The van der Waals surface area contributed by atoms with Gasteiger partial charge in [0.25, 0.3) is 0 Å². The maximum atomic E-state index is 11.5. The molecule has 0 bridgehead atoms. The van der Waals surface area contributed by atoms with Gasteiger partial charge in [0.05, 0.1) is 11.7 Å². The predicted molar refractivity (Wildman–Crippen MR) is 54.8 cm³/mol. The summed E-state index contributed by atoms with van der Waals surface area (Å²) in [5.41, 5.74) is -0.324. The molecule has 0 fully saturated rings. The number of rotatable bonds is 5. The highest BCUT2D eigenvalue weighted by atomic mass is 16.5. The fourth-order valence-corrected chi connectivity index (χ4v) is 1.30. The summed E-state index contributed by atoms with van der Waals surface area (Å²) in [4.78, 5) is 11.5. The first-order chi connectivity index (χ1) is 5.74.